The van der Waals surface area contributed by atoms with Gasteiger partial charge in [0.2, 0.25) is 0 Å². The summed E-state index contributed by atoms with van der Waals surface area (Å²) >= 11 is 0. The standard InChI is InChI=1S/C12H21N/c1-7-9(2)13-8-11(10(13)3)12(4,5)6/h7,10-11H,1-2,8H2,3-6H3. The van der Waals surface area contributed by atoms with Crippen molar-refractivity contribution in [3.63, 3.8) is 0 Å². The van der Waals surface area contributed by atoms with Crippen molar-refractivity contribution in [1.29, 1.82) is 0 Å². The molecule has 0 N–H and O–H groups in total. The molecule has 1 heterocycles. The molecule has 0 saturated carbocycles. The summed E-state index contributed by atoms with van der Waals surface area (Å²) in [7, 11) is 0. The van der Waals surface area contributed by atoms with E-state index in [1.165, 1.54) is 0 Å². The maximum atomic E-state index is 3.97. The summed E-state index contributed by atoms with van der Waals surface area (Å²) in [5, 5.41) is 0. The molecule has 1 rings (SSSR count). The first kappa shape index (κ1) is 10.4. The molecule has 1 fully saturated rings. The van der Waals surface area contributed by atoms with Gasteiger partial charge in [0.1, 0.15) is 0 Å². The number of hydrogen-bond donors (Lipinski definition) is 0. The van der Waals surface area contributed by atoms with Gasteiger partial charge in [-0.25, -0.2) is 0 Å². The minimum Gasteiger partial charge on any atom is -0.369 e. The third-order valence-corrected chi connectivity index (χ3v) is 3.18. The van der Waals surface area contributed by atoms with Gasteiger partial charge in [-0.05, 0) is 18.4 Å². The van der Waals surface area contributed by atoms with E-state index in [0.717, 1.165) is 18.2 Å². The van der Waals surface area contributed by atoms with E-state index in [4.69, 9.17) is 0 Å². The third-order valence-electron chi connectivity index (χ3n) is 3.18. The number of nitrogens with zero attached hydrogens (tertiary/aromatic N) is 1. The fraction of sp³-hybridized carbons (Fsp3) is 0.667. The maximum Gasteiger partial charge on any atom is 0.0311 e. The summed E-state index contributed by atoms with van der Waals surface area (Å²) in [5.41, 5.74) is 1.48. The zero-order valence-electron chi connectivity index (χ0n) is 9.30. The Bertz CT molecular complexity index is 222. The average molecular weight is 179 g/mol. The number of likely N-dealkylation sites (tertiary alicyclic amines) is 1. The van der Waals surface area contributed by atoms with Crippen LogP contribution in [0.1, 0.15) is 27.7 Å². The minimum atomic E-state index is 0.414. The fourth-order valence-electron chi connectivity index (χ4n) is 2.10. The van der Waals surface area contributed by atoms with E-state index >= 15 is 0 Å². The molecule has 0 aliphatic carbocycles. The van der Waals surface area contributed by atoms with Crippen LogP contribution in [0.25, 0.3) is 0 Å². The Hall–Kier alpha value is -0.720. The Kier molecular flexibility index (Phi) is 2.56. The van der Waals surface area contributed by atoms with Crippen LogP contribution in [0.15, 0.2) is 24.9 Å². The monoisotopic (exact) mass is 179 g/mol. The summed E-state index contributed by atoms with van der Waals surface area (Å²) in [6.07, 6.45) is 1.84. The van der Waals surface area contributed by atoms with Crippen LogP contribution in [0.3, 0.4) is 0 Å². The Morgan fingerprint density at radius 3 is 2.31 bits per heavy atom. The third kappa shape index (κ3) is 1.79. The molecule has 0 radical (unpaired) electrons. The lowest BCUT2D eigenvalue weighted by Crippen LogP contribution is -2.57. The van der Waals surface area contributed by atoms with Crippen molar-refractivity contribution >= 4 is 0 Å². The van der Waals surface area contributed by atoms with Gasteiger partial charge in [0, 0.05) is 24.2 Å². The summed E-state index contributed by atoms with van der Waals surface area (Å²) < 4.78 is 0. The van der Waals surface area contributed by atoms with Crippen molar-refractivity contribution in [2.75, 3.05) is 6.54 Å². The molecule has 0 aromatic rings. The van der Waals surface area contributed by atoms with Gasteiger partial charge in [0.25, 0.3) is 0 Å². The van der Waals surface area contributed by atoms with Gasteiger partial charge in [0.05, 0.1) is 0 Å². The smallest absolute Gasteiger partial charge is 0.0311 e. The predicted octanol–water partition coefficient (Wildman–Crippen LogP) is 3.05. The van der Waals surface area contributed by atoms with E-state index in [9.17, 15) is 0 Å². The molecule has 1 aliphatic rings. The van der Waals surface area contributed by atoms with E-state index in [1.54, 1.807) is 0 Å². The highest BCUT2D eigenvalue weighted by atomic mass is 15.2. The van der Waals surface area contributed by atoms with Crippen molar-refractivity contribution in [2.45, 2.75) is 33.7 Å². The molecule has 1 aliphatic heterocycles. The van der Waals surface area contributed by atoms with E-state index in [0.29, 0.717) is 11.5 Å². The fourth-order valence-corrected chi connectivity index (χ4v) is 2.10. The van der Waals surface area contributed by atoms with Gasteiger partial charge in [-0.2, -0.15) is 0 Å². The van der Waals surface area contributed by atoms with Crippen LogP contribution in [-0.4, -0.2) is 17.5 Å². The molecule has 0 spiro atoms. The summed E-state index contributed by atoms with van der Waals surface area (Å²) in [6.45, 7) is 18.0. The van der Waals surface area contributed by atoms with Crippen LogP contribution in [0.5, 0.6) is 0 Å². The normalized spacial score (nSPS) is 28.2. The first-order chi connectivity index (χ1) is 5.88. The van der Waals surface area contributed by atoms with Gasteiger partial charge in [-0.1, -0.05) is 33.9 Å². The Balaban J connectivity index is 2.57. The van der Waals surface area contributed by atoms with Crippen molar-refractivity contribution < 1.29 is 0 Å². The first-order valence-corrected chi connectivity index (χ1v) is 4.96. The SMILES string of the molecule is C=CC(=C)N1CC(C(C)(C)C)C1C. The van der Waals surface area contributed by atoms with Crippen LogP contribution in [0, 0.1) is 11.3 Å². The second kappa shape index (κ2) is 3.21. The quantitative estimate of drug-likeness (QED) is 0.589. The number of allylic oxidation sites excluding steroid dienone is 1. The molecule has 2 unspecified atom stereocenters. The number of hydrogen-bond acceptors (Lipinski definition) is 1. The van der Waals surface area contributed by atoms with E-state index in [-0.39, 0.29) is 0 Å². The molecular formula is C12H21N. The lowest BCUT2D eigenvalue weighted by molar-refractivity contribution is -0.00660. The lowest BCUT2D eigenvalue weighted by Gasteiger charge is -2.53. The minimum absolute atomic E-state index is 0.414. The molecule has 13 heavy (non-hydrogen) atoms. The summed E-state index contributed by atoms with van der Waals surface area (Å²) in [5.74, 6) is 0.782. The first-order valence-electron chi connectivity index (χ1n) is 4.96. The van der Waals surface area contributed by atoms with Crippen molar-refractivity contribution in [1.82, 2.24) is 4.90 Å². The van der Waals surface area contributed by atoms with Crippen molar-refractivity contribution in [2.24, 2.45) is 11.3 Å². The van der Waals surface area contributed by atoms with Crippen LogP contribution in [0.4, 0.5) is 0 Å². The zero-order valence-corrected chi connectivity index (χ0v) is 9.30. The van der Waals surface area contributed by atoms with Crippen molar-refractivity contribution in [3.8, 4) is 0 Å². The Morgan fingerprint density at radius 2 is 2.00 bits per heavy atom. The molecule has 2 atom stereocenters. The molecule has 0 aromatic carbocycles. The highest BCUT2D eigenvalue weighted by Crippen LogP contribution is 2.40. The summed E-state index contributed by atoms with van der Waals surface area (Å²) in [4.78, 5) is 2.32. The van der Waals surface area contributed by atoms with Gasteiger partial charge >= 0.3 is 0 Å². The van der Waals surface area contributed by atoms with Gasteiger partial charge < -0.3 is 4.90 Å². The van der Waals surface area contributed by atoms with Crippen molar-refractivity contribution in [3.05, 3.63) is 24.9 Å². The van der Waals surface area contributed by atoms with Crippen LogP contribution >= 0.6 is 0 Å². The topological polar surface area (TPSA) is 3.24 Å². The van der Waals surface area contributed by atoms with Gasteiger partial charge in [0.15, 0.2) is 0 Å². The van der Waals surface area contributed by atoms with Gasteiger partial charge in [-0.15, -0.1) is 0 Å². The largest absolute Gasteiger partial charge is 0.369 e. The van der Waals surface area contributed by atoms with Crippen LogP contribution in [-0.2, 0) is 0 Å². The molecular weight excluding hydrogens is 158 g/mol. The zero-order chi connectivity index (χ0) is 10.2. The molecule has 1 nitrogen and oxygen atoms in total. The average Bonchev–Trinajstić information content (AvgIpc) is 1.98. The molecule has 1 heteroatoms. The molecule has 0 bridgehead atoms. The predicted molar refractivity (Wildman–Crippen MR) is 58.5 cm³/mol. The van der Waals surface area contributed by atoms with E-state index in [1.807, 2.05) is 6.08 Å². The summed E-state index contributed by atoms with van der Waals surface area (Å²) in [6, 6.07) is 0.616. The van der Waals surface area contributed by atoms with Gasteiger partial charge in [-0.3, -0.25) is 0 Å². The highest BCUT2D eigenvalue weighted by Gasteiger charge is 2.42. The lowest BCUT2D eigenvalue weighted by atomic mass is 9.71. The number of rotatable bonds is 2. The second-order valence-corrected chi connectivity index (χ2v) is 5.06. The van der Waals surface area contributed by atoms with Crippen LogP contribution in [0.2, 0.25) is 0 Å². The second-order valence-electron chi connectivity index (χ2n) is 5.06. The van der Waals surface area contributed by atoms with Crippen LogP contribution < -0.4 is 0 Å². The van der Waals surface area contributed by atoms with E-state index < -0.39 is 0 Å². The maximum absolute atomic E-state index is 3.97. The molecule has 1 saturated heterocycles. The Labute approximate surface area is 82.1 Å². The Morgan fingerprint density at radius 1 is 1.46 bits per heavy atom. The van der Waals surface area contributed by atoms with E-state index in [2.05, 4.69) is 45.8 Å². The molecule has 0 amide bonds. The molecule has 0 aromatic heterocycles. The highest BCUT2D eigenvalue weighted by molar-refractivity contribution is 5.16. The molecule has 74 valence electrons.